The number of aliphatic hydroxyl groups is 1. The Morgan fingerprint density at radius 3 is 2.64 bits per heavy atom. The van der Waals surface area contributed by atoms with Crippen LogP contribution in [0.15, 0.2) is 48.8 Å². The number of aliphatic hydroxyl groups excluding tert-OH is 1. The summed E-state index contributed by atoms with van der Waals surface area (Å²) in [6.07, 6.45) is 4.17. The number of halogens is 1. The minimum Gasteiger partial charge on any atom is -0.395 e. The molecule has 0 aliphatic rings. The largest absolute Gasteiger partial charge is 0.395 e. The average molecular weight is 302 g/mol. The van der Waals surface area contributed by atoms with Crippen molar-refractivity contribution in [1.29, 1.82) is 0 Å². The predicted octanol–water partition coefficient (Wildman–Crippen LogP) is 3.11. The summed E-state index contributed by atoms with van der Waals surface area (Å²) >= 11 is 0. The molecule has 1 heterocycles. The van der Waals surface area contributed by atoms with Gasteiger partial charge in [0.15, 0.2) is 0 Å². The lowest BCUT2D eigenvalue weighted by Crippen LogP contribution is -2.39. The zero-order valence-electron chi connectivity index (χ0n) is 13.0. The van der Waals surface area contributed by atoms with Crippen molar-refractivity contribution >= 4 is 0 Å². The highest BCUT2D eigenvalue weighted by Gasteiger charge is 2.20. The summed E-state index contributed by atoms with van der Waals surface area (Å²) in [7, 11) is 0. The van der Waals surface area contributed by atoms with Crippen molar-refractivity contribution in [3.8, 4) is 0 Å². The van der Waals surface area contributed by atoms with Crippen molar-refractivity contribution in [1.82, 2.24) is 10.3 Å². The molecule has 0 aliphatic carbocycles. The fourth-order valence-corrected chi connectivity index (χ4v) is 2.61. The Balaban J connectivity index is 2.10. The Hall–Kier alpha value is -1.78. The zero-order valence-corrected chi connectivity index (χ0v) is 13.0. The normalized spacial score (nSPS) is 14.0. The molecule has 2 N–H and O–H groups in total. The summed E-state index contributed by atoms with van der Waals surface area (Å²) in [5, 5.41) is 13.1. The fourth-order valence-electron chi connectivity index (χ4n) is 2.61. The minimum atomic E-state index is -0.248. The molecule has 0 spiro atoms. The van der Waals surface area contributed by atoms with E-state index < -0.39 is 0 Å². The maximum Gasteiger partial charge on any atom is 0.123 e. The molecule has 0 saturated carbocycles. The highest BCUT2D eigenvalue weighted by Crippen LogP contribution is 2.22. The zero-order chi connectivity index (χ0) is 15.9. The third-order valence-electron chi connectivity index (χ3n) is 3.72. The van der Waals surface area contributed by atoms with Crippen molar-refractivity contribution in [3.05, 3.63) is 65.7 Å². The number of hydrogen-bond acceptors (Lipinski definition) is 3. The maximum absolute atomic E-state index is 13.3. The van der Waals surface area contributed by atoms with Crippen LogP contribution < -0.4 is 5.32 Å². The summed E-state index contributed by atoms with van der Waals surface area (Å²) in [4.78, 5) is 4.16. The van der Waals surface area contributed by atoms with E-state index in [-0.39, 0.29) is 24.5 Å². The molecule has 4 heteroatoms. The molecule has 0 bridgehead atoms. The van der Waals surface area contributed by atoms with E-state index in [2.05, 4.69) is 24.1 Å². The van der Waals surface area contributed by atoms with Gasteiger partial charge in [0.25, 0.3) is 0 Å². The van der Waals surface area contributed by atoms with Crippen LogP contribution in [0.2, 0.25) is 0 Å². The van der Waals surface area contributed by atoms with Gasteiger partial charge in [-0.2, -0.15) is 0 Å². The van der Waals surface area contributed by atoms with Gasteiger partial charge in [0, 0.05) is 24.5 Å². The Kier molecular flexibility index (Phi) is 6.04. The predicted molar refractivity (Wildman–Crippen MR) is 85.9 cm³/mol. The Labute approximate surface area is 131 Å². The number of hydrogen-bond donors (Lipinski definition) is 2. The summed E-state index contributed by atoms with van der Waals surface area (Å²) in [6, 6.07) is 10.4. The van der Waals surface area contributed by atoms with E-state index in [1.165, 1.54) is 12.1 Å². The summed E-state index contributed by atoms with van der Waals surface area (Å²) < 4.78 is 13.3. The summed E-state index contributed by atoms with van der Waals surface area (Å²) in [6.45, 7) is 4.25. The lowest BCUT2D eigenvalue weighted by atomic mass is 9.95. The van der Waals surface area contributed by atoms with Crippen LogP contribution in [0.3, 0.4) is 0 Å². The number of rotatable bonds is 7. The monoisotopic (exact) mass is 302 g/mol. The van der Waals surface area contributed by atoms with Gasteiger partial charge < -0.3 is 10.4 Å². The van der Waals surface area contributed by atoms with Crippen LogP contribution in [0.1, 0.15) is 31.0 Å². The lowest BCUT2D eigenvalue weighted by molar-refractivity contribution is 0.219. The van der Waals surface area contributed by atoms with Gasteiger partial charge in [-0.1, -0.05) is 32.0 Å². The summed E-state index contributed by atoms with van der Waals surface area (Å²) in [5.74, 6) is 0.104. The van der Waals surface area contributed by atoms with E-state index in [0.717, 1.165) is 11.1 Å². The quantitative estimate of drug-likeness (QED) is 0.826. The van der Waals surface area contributed by atoms with Crippen molar-refractivity contribution in [2.75, 3.05) is 6.61 Å². The molecule has 0 amide bonds. The molecular formula is C18H23FN2O. The van der Waals surface area contributed by atoms with E-state index >= 15 is 0 Å². The Morgan fingerprint density at radius 1 is 1.23 bits per heavy atom. The Bertz CT molecular complexity index is 574. The van der Waals surface area contributed by atoms with E-state index in [1.54, 1.807) is 12.3 Å². The SMILES string of the molecule is CC(C)C(NC(CO)Cc1cccc(F)c1)c1cccnc1. The Morgan fingerprint density at radius 2 is 2.05 bits per heavy atom. The van der Waals surface area contributed by atoms with Crippen molar-refractivity contribution in [2.45, 2.75) is 32.4 Å². The standard InChI is InChI=1S/C18H23FN2O/c1-13(2)18(15-6-4-8-20-11-15)21-17(12-22)10-14-5-3-7-16(19)9-14/h3-9,11,13,17-18,21-22H,10,12H2,1-2H3. The van der Waals surface area contributed by atoms with Gasteiger partial charge >= 0.3 is 0 Å². The minimum absolute atomic E-state index is 0.00000449. The first-order chi connectivity index (χ1) is 10.6. The molecule has 118 valence electrons. The average Bonchev–Trinajstić information content (AvgIpc) is 2.52. The topological polar surface area (TPSA) is 45.1 Å². The van der Waals surface area contributed by atoms with Crippen LogP contribution in [0.25, 0.3) is 0 Å². The molecule has 2 atom stereocenters. The van der Waals surface area contributed by atoms with Crippen LogP contribution in [0.5, 0.6) is 0 Å². The first-order valence-electron chi connectivity index (χ1n) is 7.61. The third kappa shape index (κ3) is 4.61. The molecule has 2 aromatic rings. The molecule has 3 nitrogen and oxygen atoms in total. The van der Waals surface area contributed by atoms with Crippen molar-refractivity contribution in [3.63, 3.8) is 0 Å². The molecule has 1 aromatic carbocycles. The number of nitrogens with zero attached hydrogens (tertiary/aromatic N) is 1. The second-order valence-electron chi connectivity index (χ2n) is 5.89. The second kappa shape index (κ2) is 8.01. The summed E-state index contributed by atoms with van der Waals surface area (Å²) in [5.41, 5.74) is 1.97. The van der Waals surface area contributed by atoms with Crippen LogP contribution in [-0.4, -0.2) is 22.7 Å². The van der Waals surface area contributed by atoms with Crippen LogP contribution >= 0.6 is 0 Å². The van der Waals surface area contributed by atoms with Gasteiger partial charge in [0.1, 0.15) is 5.82 Å². The number of pyridine rings is 1. The van der Waals surface area contributed by atoms with Gasteiger partial charge in [-0.25, -0.2) is 4.39 Å². The first-order valence-corrected chi connectivity index (χ1v) is 7.61. The molecule has 22 heavy (non-hydrogen) atoms. The van der Waals surface area contributed by atoms with Crippen LogP contribution in [0, 0.1) is 11.7 Å². The highest BCUT2D eigenvalue weighted by molar-refractivity contribution is 5.19. The third-order valence-corrected chi connectivity index (χ3v) is 3.72. The van der Waals surface area contributed by atoms with Gasteiger partial charge in [0.2, 0.25) is 0 Å². The van der Waals surface area contributed by atoms with Crippen molar-refractivity contribution < 1.29 is 9.50 Å². The molecule has 0 fully saturated rings. The molecular weight excluding hydrogens is 279 g/mol. The fraction of sp³-hybridized carbons (Fsp3) is 0.389. The van der Waals surface area contributed by atoms with Crippen LogP contribution in [-0.2, 0) is 6.42 Å². The number of nitrogens with one attached hydrogen (secondary N) is 1. The maximum atomic E-state index is 13.3. The number of benzene rings is 1. The lowest BCUT2D eigenvalue weighted by Gasteiger charge is -2.28. The molecule has 2 unspecified atom stereocenters. The van der Waals surface area contributed by atoms with Gasteiger partial charge in [-0.15, -0.1) is 0 Å². The first kappa shape index (κ1) is 16.6. The van der Waals surface area contributed by atoms with Crippen LogP contribution in [0.4, 0.5) is 4.39 Å². The van der Waals surface area contributed by atoms with Gasteiger partial charge in [-0.3, -0.25) is 4.98 Å². The van der Waals surface area contributed by atoms with Crippen molar-refractivity contribution in [2.24, 2.45) is 5.92 Å². The molecule has 1 aromatic heterocycles. The van der Waals surface area contributed by atoms with Gasteiger partial charge in [0.05, 0.1) is 6.61 Å². The van der Waals surface area contributed by atoms with E-state index in [4.69, 9.17) is 0 Å². The number of aromatic nitrogens is 1. The van der Waals surface area contributed by atoms with Gasteiger partial charge in [-0.05, 0) is 41.7 Å². The highest BCUT2D eigenvalue weighted by atomic mass is 19.1. The van der Waals surface area contributed by atoms with E-state index in [0.29, 0.717) is 12.3 Å². The molecule has 0 radical (unpaired) electrons. The molecule has 0 saturated heterocycles. The van der Waals surface area contributed by atoms with E-state index in [9.17, 15) is 9.50 Å². The second-order valence-corrected chi connectivity index (χ2v) is 5.89. The molecule has 2 rings (SSSR count). The van der Waals surface area contributed by atoms with E-state index in [1.807, 2.05) is 24.4 Å². The molecule has 0 aliphatic heterocycles. The smallest absolute Gasteiger partial charge is 0.123 e.